The number of ether oxygens (including phenoxy) is 2. The van der Waals surface area contributed by atoms with Gasteiger partial charge in [0.15, 0.2) is 0 Å². The van der Waals surface area contributed by atoms with Crippen LogP contribution in [0.3, 0.4) is 0 Å². The third-order valence-electron chi connectivity index (χ3n) is 1.98. The van der Waals surface area contributed by atoms with E-state index in [1.807, 2.05) is 0 Å². The number of likely N-dealkylation sites (N-methyl/N-ethyl adjacent to an activating group) is 1. The van der Waals surface area contributed by atoms with Crippen molar-refractivity contribution in [1.29, 1.82) is 0 Å². The lowest BCUT2D eigenvalue weighted by Gasteiger charge is -2.29. The molecule has 0 fully saturated rings. The molecule has 0 aromatic rings. The van der Waals surface area contributed by atoms with Crippen LogP contribution < -0.4 is 0 Å². The molecule has 0 rings (SSSR count). The van der Waals surface area contributed by atoms with E-state index >= 15 is 0 Å². The van der Waals surface area contributed by atoms with E-state index in [0.29, 0.717) is 6.54 Å². The Morgan fingerprint density at radius 2 is 1.81 bits per heavy atom. The first-order chi connectivity index (χ1) is 7.22. The molecule has 0 radical (unpaired) electrons. The van der Waals surface area contributed by atoms with Crippen molar-refractivity contribution in [3.63, 3.8) is 0 Å². The Balaban J connectivity index is 4.61. The standard InChI is InChI=1S/C11H21NO4/c1-7-12(8(2)9(13)15-6)10(14)16-11(3,4)5/h8H,7H2,1-6H3. The molecule has 0 aliphatic heterocycles. The van der Waals surface area contributed by atoms with E-state index in [4.69, 9.17) is 4.74 Å². The minimum atomic E-state index is -0.634. The predicted molar refractivity (Wildman–Crippen MR) is 60.1 cm³/mol. The zero-order valence-electron chi connectivity index (χ0n) is 10.9. The summed E-state index contributed by atoms with van der Waals surface area (Å²) in [6, 6.07) is -0.634. The van der Waals surface area contributed by atoms with Gasteiger partial charge in [-0.25, -0.2) is 9.59 Å². The molecule has 5 heteroatoms. The Labute approximate surface area is 96.7 Å². The number of carbonyl (C=O) groups is 2. The van der Waals surface area contributed by atoms with Gasteiger partial charge in [-0.1, -0.05) is 0 Å². The number of rotatable bonds is 3. The third-order valence-corrected chi connectivity index (χ3v) is 1.98. The SMILES string of the molecule is CCN(C(=O)OC(C)(C)C)C(C)C(=O)OC. The quantitative estimate of drug-likeness (QED) is 0.695. The lowest BCUT2D eigenvalue weighted by molar-refractivity contribution is -0.146. The first-order valence-corrected chi connectivity index (χ1v) is 5.30. The van der Waals surface area contributed by atoms with Crippen molar-refractivity contribution >= 4 is 12.1 Å². The van der Waals surface area contributed by atoms with Crippen LogP contribution in [0.25, 0.3) is 0 Å². The molecule has 0 bridgehead atoms. The highest BCUT2D eigenvalue weighted by Crippen LogP contribution is 2.12. The summed E-state index contributed by atoms with van der Waals surface area (Å²) in [7, 11) is 1.29. The zero-order valence-corrected chi connectivity index (χ0v) is 10.9. The Morgan fingerprint density at radius 3 is 2.12 bits per heavy atom. The van der Waals surface area contributed by atoms with Crippen molar-refractivity contribution in [3.8, 4) is 0 Å². The molecule has 0 heterocycles. The molecule has 0 saturated carbocycles. The first-order valence-electron chi connectivity index (χ1n) is 5.30. The van der Waals surface area contributed by atoms with Crippen LogP contribution in [0.4, 0.5) is 4.79 Å². The number of amides is 1. The van der Waals surface area contributed by atoms with Crippen molar-refractivity contribution < 1.29 is 19.1 Å². The molecule has 5 nitrogen and oxygen atoms in total. The fourth-order valence-electron chi connectivity index (χ4n) is 1.18. The van der Waals surface area contributed by atoms with Crippen LogP contribution in [0.15, 0.2) is 0 Å². The summed E-state index contributed by atoms with van der Waals surface area (Å²) in [5.74, 6) is -0.451. The molecule has 1 amide bonds. The minimum Gasteiger partial charge on any atom is -0.467 e. The van der Waals surface area contributed by atoms with E-state index in [-0.39, 0.29) is 0 Å². The van der Waals surface area contributed by atoms with Gasteiger partial charge in [-0.15, -0.1) is 0 Å². The van der Waals surface area contributed by atoms with Crippen LogP contribution in [-0.4, -0.2) is 42.3 Å². The van der Waals surface area contributed by atoms with Gasteiger partial charge in [0.1, 0.15) is 11.6 Å². The van der Waals surface area contributed by atoms with E-state index < -0.39 is 23.7 Å². The maximum Gasteiger partial charge on any atom is 0.411 e. The van der Waals surface area contributed by atoms with E-state index in [2.05, 4.69) is 4.74 Å². The van der Waals surface area contributed by atoms with Gasteiger partial charge < -0.3 is 9.47 Å². The minimum absolute atomic E-state index is 0.394. The molecule has 1 unspecified atom stereocenters. The Bertz CT molecular complexity index is 257. The van der Waals surface area contributed by atoms with E-state index in [0.717, 1.165) is 0 Å². The smallest absolute Gasteiger partial charge is 0.411 e. The van der Waals surface area contributed by atoms with Gasteiger partial charge in [0.25, 0.3) is 0 Å². The maximum atomic E-state index is 11.7. The summed E-state index contributed by atoms with van der Waals surface area (Å²) in [6.07, 6.45) is -0.507. The molecular formula is C11H21NO4. The second-order valence-corrected chi connectivity index (χ2v) is 4.47. The molecule has 0 aromatic carbocycles. The maximum absolute atomic E-state index is 11.7. The molecular weight excluding hydrogens is 210 g/mol. The Hall–Kier alpha value is -1.26. The van der Waals surface area contributed by atoms with Crippen LogP contribution in [0, 0.1) is 0 Å². The average molecular weight is 231 g/mol. The molecule has 94 valence electrons. The lowest BCUT2D eigenvalue weighted by Crippen LogP contribution is -2.45. The Morgan fingerprint density at radius 1 is 1.31 bits per heavy atom. The molecule has 0 saturated heterocycles. The normalized spacial score (nSPS) is 12.9. The van der Waals surface area contributed by atoms with Gasteiger partial charge in [0.05, 0.1) is 7.11 Å². The van der Waals surface area contributed by atoms with Crippen molar-refractivity contribution in [3.05, 3.63) is 0 Å². The fourth-order valence-corrected chi connectivity index (χ4v) is 1.18. The highest BCUT2D eigenvalue weighted by molar-refractivity contribution is 5.81. The topological polar surface area (TPSA) is 55.8 Å². The monoisotopic (exact) mass is 231 g/mol. The highest BCUT2D eigenvalue weighted by Gasteiger charge is 2.29. The summed E-state index contributed by atoms with van der Waals surface area (Å²) in [4.78, 5) is 24.4. The number of esters is 1. The van der Waals surface area contributed by atoms with Crippen LogP contribution in [-0.2, 0) is 14.3 Å². The van der Waals surface area contributed by atoms with E-state index in [9.17, 15) is 9.59 Å². The van der Waals surface area contributed by atoms with Crippen molar-refractivity contribution in [1.82, 2.24) is 4.90 Å². The second kappa shape index (κ2) is 5.72. The van der Waals surface area contributed by atoms with Crippen LogP contribution in [0.5, 0.6) is 0 Å². The van der Waals surface area contributed by atoms with E-state index in [1.54, 1.807) is 34.6 Å². The molecule has 0 aliphatic carbocycles. The molecule has 0 aromatic heterocycles. The van der Waals surface area contributed by atoms with Crippen molar-refractivity contribution in [2.24, 2.45) is 0 Å². The summed E-state index contributed by atoms with van der Waals surface area (Å²) in [5, 5.41) is 0. The molecule has 0 spiro atoms. The molecule has 1 atom stereocenters. The second-order valence-electron chi connectivity index (χ2n) is 4.47. The van der Waals surface area contributed by atoms with Gasteiger partial charge in [0.2, 0.25) is 0 Å². The number of hydrogen-bond acceptors (Lipinski definition) is 4. The summed E-state index contributed by atoms with van der Waals surface area (Å²) in [5.41, 5.74) is -0.569. The number of hydrogen-bond donors (Lipinski definition) is 0. The number of carbonyl (C=O) groups excluding carboxylic acids is 2. The molecule has 0 aliphatic rings. The van der Waals surface area contributed by atoms with Crippen molar-refractivity contribution in [2.75, 3.05) is 13.7 Å². The first kappa shape index (κ1) is 14.7. The molecule has 16 heavy (non-hydrogen) atoms. The van der Waals surface area contributed by atoms with Gasteiger partial charge in [-0.3, -0.25) is 4.90 Å². The fraction of sp³-hybridized carbons (Fsp3) is 0.818. The zero-order chi connectivity index (χ0) is 12.9. The van der Waals surface area contributed by atoms with Crippen LogP contribution in [0.1, 0.15) is 34.6 Å². The average Bonchev–Trinajstić information content (AvgIpc) is 2.14. The highest BCUT2D eigenvalue weighted by atomic mass is 16.6. The third kappa shape index (κ3) is 4.51. The van der Waals surface area contributed by atoms with Gasteiger partial charge in [-0.05, 0) is 34.6 Å². The summed E-state index contributed by atoms with van der Waals surface area (Å²) < 4.78 is 9.77. The largest absolute Gasteiger partial charge is 0.467 e. The van der Waals surface area contributed by atoms with Gasteiger partial charge in [-0.2, -0.15) is 0 Å². The van der Waals surface area contributed by atoms with Crippen molar-refractivity contribution in [2.45, 2.75) is 46.3 Å². The number of nitrogens with zero attached hydrogens (tertiary/aromatic N) is 1. The van der Waals surface area contributed by atoms with Crippen LogP contribution >= 0.6 is 0 Å². The van der Waals surface area contributed by atoms with Crippen LogP contribution in [0.2, 0.25) is 0 Å². The number of methoxy groups -OCH3 is 1. The molecule has 0 N–H and O–H groups in total. The summed E-state index contributed by atoms with van der Waals surface area (Å²) >= 11 is 0. The lowest BCUT2D eigenvalue weighted by atomic mass is 10.2. The summed E-state index contributed by atoms with van der Waals surface area (Å²) in [6.45, 7) is 9.12. The van der Waals surface area contributed by atoms with Gasteiger partial charge >= 0.3 is 12.1 Å². The van der Waals surface area contributed by atoms with E-state index in [1.165, 1.54) is 12.0 Å². The predicted octanol–water partition coefficient (Wildman–Crippen LogP) is 1.80. The van der Waals surface area contributed by atoms with Gasteiger partial charge in [0, 0.05) is 6.54 Å². The Kier molecular flexibility index (Phi) is 5.27.